The lowest BCUT2D eigenvalue weighted by atomic mass is 10.2. The highest BCUT2D eigenvalue weighted by Gasteiger charge is 2.48. The molecule has 2 saturated heterocycles. The summed E-state index contributed by atoms with van der Waals surface area (Å²) in [5.74, 6) is 0. The molecule has 0 amide bonds. The van der Waals surface area contributed by atoms with E-state index in [9.17, 15) is 5.11 Å². The number of morpholine rings is 1. The number of nitrogens with one attached hydrogen (secondary N) is 1. The van der Waals surface area contributed by atoms with Gasteiger partial charge in [0.1, 0.15) is 12.2 Å². The predicted molar refractivity (Wildman–Crippen MR) is 33.5 cm³/mol. The second kappa shape index (κ2) is 2.17. The van der Waals surface area contributed by atoms with Gasteiger partial charge in [0.25, 0.3) is 0 Å². The van der Waals surface area contributed by atoms with Crippen LogP contribution < -0.4 is 5.32 Å². The third-order valence-electron chi connectivity index (χ3n) is 2.14. The summed E-state index contributed by atoms with van der Waals surface area (Å²) in [4.78, 5) is 0. The molecule has 2 fully saturated rings. The molecule has 2 aliphatic heterocycles. The summed E-state index contributed by atoms with van der Waals surface area (Å²) in [6.07, 6.45) is -0.700. The normalized spacial score (nSPS) is 52.2. The number of fused-ring (bicyclic) bond motifs is 2. The van der Waals surface area contributed by atoms with Crippen LogP contribution in [-0.4, -0.2) is 43.3 Å². The molecule has 4 heteroatoms. The van der Waals surface area contributed by atoms with Crippen LogP contribution in [0.5, 0.6) is 0 Å². The molecule has 58 valence electrons. The monoisotopic (exact) mass is 145 g/mol. The number of hydrogen-bond acceptors (Lipinski definition) is 4. The summed E-state index contributed by atoms with van der Waals surface area (Å²) >= 11 is 0. The Kier molecular flexibility index (Phi) is 1.42. The number of methoxy groups -OCH3 is 1. The van der Waals surface area contributed by atoms with Crippen LogP contribution >= 0.6 is 0 Å². The average molecular weight is 145 g/mol. The van der Waals surface area contributed by atoms with Gasteiger partial charge in [-0.2, -0.15) is 0 Å². The van der Waals surface area contributed by atoms with E-state index in [1.807, 2.05) is 0 Å². The molecule has 0 aliphatic carbocycles. The molecule has 0 saturated carbocycles. The second-order valence-corrected chi connectivity index (χ2v) is 2.70. The fourth-order valence-corrected chi connectivity index (χ4v) is 1.57. The number of aliphatic hydroxyl groups excluding tert-OH is 1. The van der Waals surface area contributed by atoms with Crippen LogP contribution in [0.3, 0.4) is 0 Å². The minimum Gasteiger partial charge on any atom is -0.389 e. The highest BCUT2D eigenvalue weighted by Crippen LogP contribution is 2.26. The number of aliphatic hydroxyl groups is 1. The van der Waals surface area contributed by atoms with Gasteiger partial charge in [-0.15, -0.1) is 0 Å². The smallest absolute Gasteiger partial charge is 0.175 e. The van der Waals surface area contributed by atoms with Crippen LogP contribution in [0.1, 0.15) is 0 Å². The fourth-order valence-electron chi connectivity index (χ4n) is 1.57. The zero-order valence-corrected chi connectivity index (χ0v) is 5.78. The molecule has 4 atom stereocenters. The van der Waals surface area contributed by atoms with Crippen LogP contribution in [0.15, 0.2) is 0 Å². The Hall–Kier alpha value is -0.160. The molecule has 0 spiro atoms. The maximum atomic E-state index is 9.36. The Balaban J connectivity index is 2.08. The average Bonchev–Trinajstić information content (AvgIpc) is 2.46. The van der Waals surface area contributed by atoms with Crippen molar-refractivity contribution in [3.8, 4) is 0 Å². The van der Waals surface area contributed by atoms with Crippen molar-refractivity contribution in [2.75, 3.05) is 13.7 Å². The molecular weight excluding hydrogens is 134 g/mol. The van der Waals surface area contributed by atoms with Crippen LogP contribution in [0.4, 0.5) is 0 Å². The third-order valence-corrected chi connectivity index (χ3v) is 2.14. The Bertz CT molecular complexity index is 141. The minimum absolute atomic E-state index is 0.0185. The lowest BCUT2D eigenvalue weighted by molar-refractivity contribution is -0.139. The van der Waals surface area contributed by atoms with E-state index in [1.165, 1.54) is 0 Å². The van der Waals surface area contributed by atoms with E-state index >= 15 is 0 Å². The van der Waals surface area contributed by atoms with Crippen molar-refractivity contribution in [1.82, 2.24) is 5.32 Å². The van der Waals surface area contributed by atoms with E-state index in [2.05, 4.69) is 5.32 Å². The molecular formula is C6H11NO3. The first-order valence-electron chi connectivity index (χ1n) is 3.42. The summed E-state index contributed by atoms with van der Waals surface area (Å²) in [6.45, 7) is 0.742. The lowest BCUT2D eigenvalue weighted by Gasteiger charge is -2.20. The van der Waals surface area contributed by atoms with Gasteiger partial charge < -0.3 is 19.9 Å². The highest BCUT2D eigenvalue weighted by atomic mass is 16.7. The first-order valence-corrected chi connectivity index (χ1v) is 3.42. The summed E-state index contributed by atoms with van der Waals surface area (Å²) in [7, 11) is 1.58. The van der Waals surface area contributed by atoms with Crippen molar-refractivity contribution >= 4 is 0 Å². The predicted octanol–water partition coefficient (Wildman–Crippen LogP) is -1.31. The quantitative estimate of drug-likeness (QED) is 0.481. The fraction of sp³-hybridized carbons (Fsp3) is 1.00. The number of ether oxygens (including phenoxy) is 2. The molecule has 0 aromatic heterocycles. The van der Waals surface area contributed by atoms with Crippen LogP contribution in [-0.2, 0) is 9.47 Å². The van der Waals surface area contributed by atoms with Crippen molar-refractivity contribution in [2.45, 2.75) is 24.5 Å². The van der Waals surface area contributed by atoms with Crippen molar-refractivity contribution in [3.05, 3.63) is 0 Å². The first-order chi connectivity index (χ1) is 4.83. The summed E-state index contributed by atoms with van der Waals surface area (Å²) in [6, 6.07) is -0.0185. The zero-order valence-electron chi connectivity index (χ0n) is 5.78. The van der Waals surface area contributed by atoms with E-state index in [4.69, 9.17) is 9.47 Å². The van der Waals surface area contributed by atoms with Gasteiger partial charge in [0.05, 0.1) is 6.04 Å². The van der Waals surface area contributed by atoms with E-state index in [1.54, 1.807) is 7.11 Å². The van der Waals surface area contributed by atoms with E-state index < -0.39 is 0 Å². The van der Waals surface area contributed by atoms with Gasteiger partial charge in [-0.1, -0.05) is 0 Å². The first kappa shape index (κ1) is 6.54. The standard InChI is InChI=1S/C6H11NO3/c1-9-6-4-5(8)3(10-6)2-7-4/h3-8H,2H2,1H3/t3-,4+,5+,6+/m1/s1. The number of rotatable bonds is 1. The molecule has 2 N–H and O–H groups in total. The van der Waals surface area contributed by atoms with Crippen LogP contribution in [0.25, 0.3) is 0 Å². The van der Waals surface area contributed by atoms with Crippen molar-refractivity contribution in [2.24, 2.45) is 0 Å². The van der Waals surface area contributed by atoms with Gasteiger partial charge in [0, 0.05) is 13.7 Å². The molecule has 4 nitrogen and oxygen atoms in total. The molecule has 10 heavy (non-hydrogen) atoms. The second-order valence-electron chi connectivity index (χ2n) is 2.70. The molecule has 0 unspecified atom stereocenters. The summed E-state index contributed by atoms with van der Waals surface area (Å²) in [5, 5.41) is 12.5. The zero-order chi connectivity index (χ0) is 7.14. The Labute approximate surface area is 59.1 Å². The van der Waals surface area contributed by atoms with Crippen LogP contribution in [0, 0.1) is 0 Å². The Morgan fingerprint density at radius 2 is 2.50 bits per heavy atom. The van der Waals surface area contributed by atoms with Crippen molar-refractivity contribution in [3.63, 3.8) is 0 Å². The molecule has 2 bridgehead atoms. The third kappa shape index (κ3) is 0.703. The van der Waals surface area contributed by atoms with Crippen molar-refractivity contribution < 1.29 is 14.6 Å². The Morgan fingerprint density at radius 3 is 2.80 bits per heavy atom. The van der Waals surface area contributed by atoms with E-state index in [0.29, 0.717) is 0 Å². The maximum Gasteiger partial charge on any atom is 0.175 e. The van der Waals surface area contributed by atoms with Crippen LogP contribution in [0.2, 0.25) is 0 Å². The largest absolute Gasteiger partial charge is 0.389 e. The summed E-state index contributed by atoms with van der Waals surface area (Å²) in [5.41, 5.74) is 0. The SMILES string of the molecule is CO[C@H]1O[C@@H]2CN[C@H]1[C@H]2O. The van der Waals surface area contributed by atoms with Crippen molar-refractivity contribution in [1.29, 1.82) is 0 Å². The summed E-state index contributed by atoms with van der Waals surface area (Å²) < 4.78 is 10.3. The van der Waals surface area contributed by atoms with Gasteiger partial charge in [-0.25, -0.2) is 0 Å². The highest BCUT2D eigenvalue weighted by molar-refractivity contribution is 4.99. The molecule has 0 radical (unpaired) electrons. The minimum atomic E-state index is -0.384. The lowest BCUT2D eigenvalue weighted by Crippen LogP contribution is -2.41. The Morgan fingerprint density at radius 1 is 1.70 bits per heavy atom. The van der Waals surface area contributed by atoms with Gasteiger partial charge in [-0.3, -0.25) is 0 Å². The topological polar surface area (TPSA) is 50.7 Å². The number of hydrogen-bond donors (Lipinski definition) is 2. The van der Waals surface area contributed by atoms with Gasteiger partial charge in [-0.05, 0) is 0 Å². The molecule has 2 aliphatic rings. The molecule has 0 aromatic rings. The molecule has 2 rings (SSSR count). The van der Waals surface area contributed by atoms with Gasteiger partial charge in [0.2, 0.25) is 0 Å². The van der Waals surface area contributed by atoms with Gasteiger partial charge in [0.15, 0.2) is 6.29 Å². The molecule has 2 heterocycles. The van der Waals surface area contributed by atoms with Gasteiger partial charge >= 0.3 is 0 Å². The van der Waals surface area contributed by atoms with E-state index in [0.717, 1.165) is 6.54 Å². The van der Waals surface area contributed by atoms with E-state index in [-0.39, 0.29) is 24.5 Å². The maximum absolute atomic E-state index is 9.36. The molecule has 0 aromatic carbocycles.